The summed E-state index contributed by atoms with van der Waals surface area (Å²) in [5.41, 5.74) is 1.13. The number of ether oxygens (including phenoxy) is 3. The molecule has 0 radical (unpaired) electrons. The van der Waals surface area contributed by atoms with Gasteiger partial charge in [-0.2, -0.15) is 0 Å². The number of aromatic nitrogens is 2. The Morgan fingerprint density at radius 3 is 2.61 bits per heavy atom. The average Bonchev–Trinajstić information content (AvgIpc) is 3.29. The molecule has 0 spiro atoms. The van der Waals surface area contributed by atoms with Crippen LogP contribution in [0.15, 0.2) is 60.9 Å². The smallest absolute Gasteiger partial charge is 0.335 e. The van der Waals surface area contributed by atoms with Gasteiger partial charge in [0, 0.05) is 24.1 Å². The maximum Gasteiger partial charge on any atom is 0.335 e. The van der Waals surface area contributed by atoms with E-state index in [1.54, 1.807) is 19.2 Å². The molecule has 38 heavy (non-hydrogen) atoms. The Hall–Kier alpha value is -3.96. The number of rotatable bonds is 11. The van der Waals surface area contributed by atoms with Crippen LogP contribution < -0.4 is 15.4 Å². The van der Waals surface area contributed by atoms with E-state index in [2.05, 4.69) is 20.6 Å². The van der Waals surface area contributed by atoms with Crippen LogP contribution in [0.1, 0.15) is 40.4 Å². The Kier molecular flexibility index (Phi) is 8.59. The second kappa shape index (κ2) is 12.1. The van der Waals surface area contributed by atoms with Crippen LogP contribution in [-0.2, 0) is 37.8 Å². The normalized spacial score (nSPS) is 17.7. The molecular formula is C27H30N4O6S. The lowest BCUT2D eigenvalue weighted by molar-refractivity contribution is -0.156. The fourth-order valence-corrected chi connectivity index (χ4v) is 5.27. The minimum absolute atomic E-state index is 0.258. The van der Waals surface area contributed by atoms with Gasteiger partial charge in [-0.05, 0) is 56.2 Å². The molecule has 1 aliphatic heterocycles. The molecule has 1 aromatic carbocycles. The van der Waals surface area contributed by atoms with Crippen molar-refractivity contribution in [3.63, 3.8) is 0 Å². The summed E-state index contributed by atoms with van der Waals surface area (Å²) in [6.45, 7) is 6.59. The second-order valence-electron chi connectivity index (χ2n) is 8.54. The van der Waals surface area contributed by atoms with Crippen molar-refractivity contribution in [1.29, 1.82) is 0 Å². The van der Waals surface area contributed by atoms with Gasteiger partial charge in [0.05, 0.1) is 23.3 Å². The highest BCUT2D eigenvalue weighted by Gasteiger charge is 2.42. The maximum atomic E-state index is 12.4. The van der Waals surface area contributed by atoms with Crippen LogP contribution in [0, 0.1) is 6.92 Å². The number of thiophene rings is 1. The Labute approximate surface area is 224 Å². The van der Waals surface area contributed by atoms with Crippen LogP contribution in [-0.4, -0.2) is 46.3 Å². The molecule has 11 heteroatoms. The number of benzene rings is 1. The molecule has 0 fully saturated rings. The molecule has 3 N–H and O–H groups in total. The van der Waals surface area contributed by atoms with E-state index >= 15 is 0 Å². The van der Waals surface area contributed by atoms with Crippen LogP contribution in [0.5, 0.6) is 5.75 Å². The number of hydrogen-bond acceptors (Lipinski definition) is 10. The zero-order valence-corrected chi connectivity index (χ0v) is 22.2. The highest BCUT2D eigenvalue weighted by atomic mass is 32.1. The van der Waals surface area contributed by atoms with Crippen LogP contribution in [0.25, 0.3) is 0 Å². The van der Waals surface area contributed by atoms with Gasteiger partial charge in [0.25, 0.3) is 5.91 Å². The maximum absolute atomic E-state index is 12.4. The highest BCUT2D eigenvalue weighted by molar-refractivity contribution is 7.12. The zero-order valence-electron chi connectivity index (χ0n) is 21.4. The van der Waals surface area contributed by atoms with Gasteiger partial charge in [-0.15, -0.1) is 11.3 Å². The van der Waals surface area contributed by atoms with Crippen molar-refractivity contribution in [1.82, 2.24) is 20.6 Å². The van der Waals surface area contributed by atoms with E-state index in [0.717, 1.165) is 27.0 Å². The third-order valence-electron chi connectivity index (χ3n) is 5.88. The lowest BCUT2D eigenvalue weighted by Crippen LogP contribution is -2.59. The van der Waals surface area contributed by atoms with Crippen LogP contribution >= 0.6 is 11.3 Å². The Bertz CT molecular complexity index is 1290. The molecule has 1 amide bonds. The Balaban J connectivity index is 1.48. The molecule has 3 aromatic rings. The third kappa shape index (κ3) is 6.12. The Morgan fingerprint density at radius 2 is 1.95 bits per heavy atom. The number of nitrogens with zero attached hydrogens (tertiary/aromatic N) is 2. The van der Waals surface area contributed by atoms with E-state index in [4.69, 9.17) is 14.2 Å². The predicted molar refractivity (Wildman–Crippen MR) is 140 cm³/mol. The quantitative estimate of drug-likeness (QED) is 0.315. The van der Waals surface area contributed by atoms with Gasteiger partial charge in [0.15, 0.2) is 17.6 Å². The van der Waals surface area contributed by atoms with Gasteiger partial charge in [-0.1, -0.05) is 12.1 Å². The van der Waals surface area contributed by atoms with E-state index in [1.807, 2.05) is 44.2 Å². The molecule has 2 atom stereocenters. The molecule has 0 aliphatic carbocycles. The van der Waals surface area contributed by atoms with Crippen molar-refractivity contribution in [2.75, 3.05) is 13.2 Å². The number of carbonyl (C=O) groups is 2. The lowest BCUT2D eigenvalue weighted by atomic mass is 10.0. The molecule has 200 valence electrons. The van der Waals surface area contributed by atoms with Crippen LogP contribution in [0.2, 0.25) is 0 Å². The molecular weight excluding hydrogens is 508 g/mol. The SMILES string of the molecule is CCOC(=O)C(Cc1ccc(OCc2sc(C3(c4ccncn4)NC(=O)C=C(O)N3)cc2C)cc1)OCC. The molecule has 2 unspecified atom stereocenters. The topological polar surface area (TPSA) is 132 Å². The van der Waals surface area contributed by atoms with Gasteiger partial charge in [-0.3, -0.25) is 4.79 Å². The molecule has 0 bridgehead atoms. The van der Waals surface area contributed by atoms with E-state index in [0.29, 0.717) is 37.7 Å². The molecule has 10 nitrogen and oxygen atoms in total. The number of aryl methyl sites for hydroxylation is 1. The number of nitrogens with one attached hydrogen (secondary N) is 2. The average molecular weight is 539 g/mol. The first kappa shape index (κ1) is 27.1. The van der Waals surface area contributed by atoms with E-state index in [9.17, 15) is 14.7 Å². The van der Waals surface area contributed by atoms with Crippen molar-refractivity contribution < 1.29 is 28.9 Å². The molecule has 4 rings (SSSR count). The van der Waals surface area contributed by atoms with Crippen LogP contribution in [0.3, 0.4) is 0 Å². The summed E-state index contributed by atoms with van der Waals surface area (Å²) in [6, 6.07) is 11.1. The summed E-state index contributed by atoms with van der Waals surface area (Å²) in [6.07, 6.45) is 3.80. The summed E-state index contributed by atoms with van der Waals surface area (Å²) in [5, 5.41) is 16.1. The van der Waals surface area contributed by atoms with Crippen molar-refractivity contribution in [3.8, 4) is 5.75 Å². The largest absolute Gasteiger partial charge is 0.495 e. The summed E-state index contributed by atoms with van der Waals surface area (Å²) in [7, 11) is 0. The first-order valence-corrected chi connectivity index (χ1v) is 13.0. The van der Waals surface area contributed by atoms with E-state index < -0.39 is 17.7 Å². The van der Waals surface area contributed by atoms with Gasteiger partial charge in [0.1, 0.15) is 18.7 Å². The van der Waals surface area contributed by atoms with Crippen molar-refractivity contribution in [2.45, 2.75) is 45.6 Å². The summed E-state index contributed by atoms with van der Waals surface area (Å²) in [4.78, 5) is 34.5. The van der Waals surface area contributed by atoms with Gasteiger partial charge < -0.3 is 30.0 Å². The van der Waals surface area contributed by atoms with Crippen LogP contribution in [0.4, 0.5) is 0 Å². The molecule has 3 heterocycles. The van der Waals surface area contributed by atoms with Gasteiger partial charge in [-0.25, -0.2) is 14.8 Å². The zero-order chi connectivity index (χ0) is 27.1. The molecule has 1 aliphatic rings. The Morgan fingerprint density at radius 1 is 1.16 bits per heavy atom. The summed E-state index contributed by atoms with van der Waals surface area (Å²) >= 11 is 1.44. The third-order valence-corrected chi connectivity index (χ3v) is 7.21. The second-order valence-corrected chi connectivity index (χ2v) is 9.67. The van der Waals surface area contributed by atoms with E-state index in [-0.39, 0.29) is 11.9 Å². The first-order chi connectivity index (χ1) is 18.3. The van der Waals surface area contributed by atoms with Crippen molar-refractivity contribution in [2.24, 2.45) is 0 Å². The minimum Gasteiger partial charge on any atom is -0.495 e. The first-order valence-electron chi connectivity index (χ1n) is 12.2. The fourth-order valence-electron chi connectivity index (χ4n) is 4.07. The van der Waals surface area contributed by atoms with Gasteiger partial charge >= 0.3 is 5.97 Å². The summed E-state index contributed by atoms with van der Waals surface area (Å²) in [5.74, 6) is -0.405. The van der Waals surface area contributed by atoms with E-state index in [1.165, 1.54) is 17.7 Å². The highest BCUT2D eigenvalue weighted by Crippen LogP contribution is 2.36. The number of hydrogen-bond donors (Lipinski definition) is 3. The number of aliphatic hydroxyl groups is 1. The minimum atomic E-state index is -1.25. The number of esters is 1. The predicted octanol–water partition coefficient (Wildman–Crippen LogP) is 3.26. The monoisotopic (exact) mass is 538 g/mol. The molecule has 0 saturated heterocycles. The van der Waals surface area contributed by atoms with Gasteiger partial charge in [0.2, 0.25) is 0 Å². The number of carbonyl (C=O) groups excluding carboxylic acids is 2. The number of aliphatic hydroxyl groups excluding tert-OH is 1. The molecule has 2 aromatic heterocycles. The van der Waals surface area contributed by atoms with Crippen molar-refractivity contribution >= 4 is 23.2 Å². The molecule has 0 saturated carbocycles. The number of amides is 1. The standard InChI is InChI=1S/C27H30N4O6S/c1-4-35-20(26(34)36-5-2)13-18-6-8-19(9-7-18)37-15-21-17(3)12-23(38-21)27(22-10-11-28-16-29-22)30-24(32)14-25(33)31-27/h6-12,14,16,20,30,32H,4-5,13,15H2,1-3H3,(H,31,33). The van der Waals surface area contributed by atoms with Crippen molar-refractivity contribution in [3.05, 3.63) is 87.5 Å². The summed E-state index contributed by atoms with van der Waals surface area (Å²) < 4.78 is 16.7. The fraction of sp³-hybridized carbons (Fsp3) is 0.333. The lowest BCUT2D eigenvalue weighted by Gasteiger charge is -2.36.